The molecule has 0 bridgehead atoms. The summed E-state index contributed by atoms with van der Waals surface area (Å²) in [5.74, 6) is 0.108. The van der Waals surface area contributed by atoms with Gasteiger partial charge < -0.3 is 15.8 Å². The maximum atomic E-state index is 11.9. The number of rotatable bonds is 8. The molecule has 2 rings (SSSR count). The average molecular weight is 276 g/mol. The molecule has 1 saturated carbocycles. The van der Waals surface area contributed by atoms with E-state index in [0.29, 0.717) is 18.3 Å². The van der Waals surface area contributed by atoms with E-state index in [1.165, 1.54) is 12.8 Å². The number of nitrogens with two attached hydrogens (primary N) is 1. The third-order valence-corrected chi connectivity index (χ3v) is 4.13. The first kappa shape index (κ1) is 14.9. The molecular formula is C16H24N2O2. The summed E-state index contributed by atoms with van der Waals surface area (Å²) in [5.41, 5.74) is 7.98. The first-order chi connectivity index (χ1) is 9.65. The fraction of sp³-hybridized carbons (Fsp3) is 0.562. The monoisotopic (exact) mass is 276 g/mol. The molecule has 3 N–H and O–H groups in total. The van der Waals surface area contributed by atoms with Gasteiger partial charge in [-0.1, -0.05) is 18.2 Å². The predicted octanol–water partition coefficient (Wildman–Crippen LogP) is 2.13. The lowest BCUT2D eigenvalue weighted by atomic mass is 10.0. The van der Waals surface area contributed by atoms with E-state index in [2.05, 4.69) is 5.32 Å². The minimum atomic E-state index is 0.108. The van der Waals surface area contributed by atoms with Crippen LogP contribution in [0.25, 0.3) is 0 Å². The second-order valence-electron chi connectivity index (χ2n) is 5.72. The van der Waals surface area contributed by atoms with Crippen molar-refractivity contribution in [2.75, 3.05) is 26.0 Å². The molecule has 1 aromatic carbocycles. The molecule has 1 aromatic rings. The molecule has 1 aliphatic carbocycles. The summed E-state index contributed by atoms with van der Waals surface area (Å²) < 4.78 is 5.12. The lowest BCUT2D eigenvalue weighted by molar-refractivity contribution is -0.121. The molecule has 0 saturated heterocycles. The summed E-state index contributed by atoms with van der Waals surface area (Å²) in [4.78, 5) is 11.9. The van der Waals surface area contributed by atoms with Crippen molar-refractivity contribution >= 4 is 11.6 Å². The number of carbonyl (C=O) groups is 1. The third kappa shape index (κ3) is 4.23. The number of amides is 1. The number of hydrogen-bond donors (Lipinski definition) is 2. The quantitative estimate of drug-likeness (QED) is 0.715. The summed E-state index contributed by atoms with van der Waals surface area (Å²) in [5, 5.41) is 3.05. The van der Waals surface area contributed by atoms with Gasteiger partial charge in [-0.05, 0) is 42.7 Å². The Bertz CT molecular complexity index is 456. The fourth-order valence-corrected chi connectivity index (χ4v) is 2.40. The van der Waals surface area contributed by atoms with Crippen molar-refractivity contribution in [3.63, 3.8) is 0 Å². The fourth-order valence-electron chi connectivity index (χ4n) is 2.40. The molecule has 110 valence electrons. The summed E-state index contributed by atoms with van der Waals surface area (Å²) in [7, 11) is 1.72. The van der Waals surface area contributed by atoms with Gasteiger partial charge >= 0.3 is 0 Å². The summed E-state index contributed by atoms with van der Waals surface area (Å²) in [6.45, 7) is 1.55. The smallest absolute Gasteiger partial charge is 0.220 e. The molecule has 1 aliphatic rings. The third-order valence-electron chi connectivity index (χ3n) is 4.13. The van der Waals surface area contributed by atoms with Crippen molar-refractivity contribution in [3.05, 3.63) is 29.8 Å². The van der Waals surface area contributed by atoms with Crippen LogP contribution in [0.4, 0.5) is 5.69 Å². The average Bonchev–Trinajstić information content (AvgIpc) is 3.23. The second kappa shape index (κ2) is 6.75. The number of anilines is 1. The molecule has 4 nitrogen and oxygen atoms in total. The Balaban J connectivity index is 1.70. The maximum absolute atomic E-state index is 11.9. The molecule has 4 heteroatoms. The zero-order valence-corrected chi connectivity index (χ0v) is 12.2. The topological polar surface area (TPSA) is 64.3 Å². The van der Waals surface area contributed by atoms with Crippen LogP contribution in [0.5, 0.6) is 0 Å². The standard InChI is InChI=1S/C16H24N2O2/c1-20-11-10-16(8-9-16)12-18-15(19)7-6-13-4-2-3-5-14(13)17/h2-5H,6-12,17H2,1H3,(H,18,19). The summed E-state index contributed by atoms with van der Waals surface area (Å²) >= 11 is 0. The number of ether oxygens (including phenoxy) is 1. The number of aryl methyl sites for hydroxylation is 1. The molecule has 1 fully saturated rings. The molecule has 0 aliphatic heterocycles. The van der Waals surface area contributed by atoms with Crippen LogP contribution in [0.2, 0.25) is 0 Å². The van der Waals surface area contributed by atoms with Gasteiger partial charge in [0, 0.05) is 32.4 Å². The SMILES string of the molecule is COCCC1(CNC(=O)CCc2ccccc2N)CC1. The van der Waals surface area contributed by atoms with Crippen molar-refractivity contribution in [1.82, 2.24) is 5.32 Å². The van der Waals surface area contributed by atoms with Gasteiger partial charge in [0.25, 0.3) is 0 Å². The van der Waals surface area contributed by atoms with Gasteiger partial charge in [-0.2, -0.15) is 0 Å². The van der Waals surface area contributed by atoms with Gasteiger partial charge in [-0.15, -0.1) is 0 Å². The molecule has 0 heterocycles. The number of para-hydroxylation sites is 1. The van der Waals surface area contributed by atoms with E-state index < -0.39 is 0 Å². The van der Waals surface area contributed by atoms with Crippen LogP contribution < -0.4 is 11.1 Å². The first-order valence-corrected chi connectivity index (χ1v) is 7.24. The van der Waals surface area contributed by atoms with E-state index >= 15 is 0 Å². The van der Waals surface area contributed by atoms with Crippen LogP contribution >= 0.6 is 0 Å². The van der Waals surface area contributed by atoms with Crippen LogP contribution in [0.3, 0.4) is 0 Å². The van der Waals surface area contributed by atoms with E-state index in [4.69, 9.17) is 10.5 Å². The Morgan fingerprint density at radius 1 is 1.40 bits per heavy atom. The maximum Gasteiger partial charge on any atom is 0.220 e. The predicted molar refractivity (Wildman–Crippen MR) is 80.3 cm³/mol. The number of methoxy groups -OCH3 is 1. The number of nitrogens with one attached hydrogen (secondary N) is 1. The molecule has 1 amide bonds. The molecular weight excluding hydrogens is 252 g/mol. The molecule has 0 atom stereocenters. The van der Waals surface area contributed by atoms with Crippen molar-refractivity contribution in [2.24, 2.45) is 5.41 Å². The van der Waals surface area contributed by atoms with Crippen LogP contribution in [-0.2, 0) is 16.0 Å². The summed E-state index contributed by atoms with van der Waals surface area (Å²) in [6, 6.07) is 7.71. The van der Waals surface area contributed by atoms with Gasteiger partial charge in [0.2, 0.25) is 5.91 Å². The van der Waals surface area contributed by atoms with Crippen LogP contribution in [0.1, 0.15) is 31.2 Å². The van der Waals surface area contributed by atoms with Crippen molar-refractivity contribution in [1.29, 1.82) is 0 Å². The molecule has 0 radical (unpaired) electrons. The Morgan fingerprint density at radius 3 is 2.80 bits per heavy atom. The van der Waals surface area contributed by atoms with E-state index in [0.717, 1.165) is 30.8 Å². The van der Waals surface area contributed by atoms with Crippen LogP contribution in [0.15, 0.2) is 24.3 Å². The van der Waals surface area contributed by atoms with Gasteiger partial charge in [0.1, 0.15) is 0 Å². The van der Waals surface area contributed by atoms with E-state index in [1.54, 1.807) is 7.11 Å². The highest BCUT2D eigenvalue weighted by atomic mass is 16.5. The van der Waals surface area contributed by atoms with Gasteiger partial charge in [0.05, 0.1) is 0 Å². The van der Waals surface area contributed by atoms with Crippen molar-refractivity contribution in [3.8, 4) is 0 Å². The zero-order chi connectivity index (χ0) is 14.4. The molecule has 20 heavy (non-hydrogen) atoms. The minimum Gasteiger partial charge on any atom is -0.399 e. The van der Waals surface area contributed by atoms with Crippen LogP contribution in [-0.4, -0.2) is 26.2 Å². The van der Waals surface area contributed by atoms with Crippen LogP contribution in [0, 0.1) is 5.41 Å². The zero-order valence-electron chi connectivity index (χ0n) is 12.2. The summed E-state index contributed by atoms with van der Waals surface area (Å²) in [6.07, 6.45) is 4.62. The largest absolute Gasteiger partial charge is 0.399 e. The lowest BCUT2D eigenvalue weighted by Gasteiger charge is -2.15. The Morgan fingerprint density at radius 2 is 2.15 bits per heavy atom. The van der Waals surface area contributed by atoms with E-state index in [1.807, 2.05) is 24.3 Å². The Hall–Kier alpha value is -1.55. The minimum absolute atomic E-state index is 0.108. The normalized spacial score (nSPS) is 15.8. The Labute approximate surface area is 120 Å². The molecule has 0 unspecified atom stereocenters. The molecule has 0 aromatic heterocycles. The number of carbonyl (C=O) groups excluding carboxylic acids is 1. The first-order valence-electron chi connectivity index (χ1n) is 7.24. The highest BCUT2D eigenvalue weighted by molar-refractivity contribution is 5.76. The highest BCUT2D eigenvalue weighted by Crippen LogP contribution is 2.48. The lowest BCUT2D eigenvalue weighted by Crippen LogP contribution is -2.31. The van der Waals surface area contributed by atoms with Gasteiger partial charge in [0.15, 0.2) is 0 Å². The number of nitrogen functional groups attached to an aromatic ring is 1. The van der Waals surface area contributed by atoms with Crippen molar-refractivity contribution < 1.29 is 9.53 Å². The van der Waals surface area contributed by atoms with E-state index in [9.17, 15) is 4.79 Å². The highest BCUT2D eigenvalue weighted by Gasteiger charge is 2.41. The van der Waals surface area contributed by atoms with Gasteiger partial charge in [-0.25, -0.2) is 0 Å². The second-order valence-corrected chi connectivity index (χ2v) is 5.72. The van der Waals surface area contributed by atoms with Gasteiger partial charge in [-0.3, -0.25) is 4.79 Å². The van der Waals surface area contributed by atoms with Crippen molar-refractivity contribution in [2.45, 2.75) is 32.1 Å². The van der Waals surface area contributed by atoms with E-state index in [-0.39, 0.29) is 5.91 Å². The number of hydrogen-bond acceptors (Lipinski definition) is 3. The Kier molecular flexibility index (Phi) is 5.01. The number of benzene rings is 1. The molecule has 0 spiro atoms.